The van der Waals surface area contributed by atoms with Gasteiger partial charge in [-0.2, -0.15) is 0 Å². The molecule has 1 amide bonds. The van der Waals surface area contributed by atoms with Gasteiger partial charge in [-0.3, -0.25) is 4.79 Å². The highest BCUT2D eigenvalue weighted by atomic mass is 32.2. The Hall–Kier alpha value is -2.34. The van der Waals surface area contributed by atoms with Gasteiger partial charge in [-0.1, -0.05) is 36.8 Å². The normalized spacial score (nSPS) is 11.2. The topological polar surface area (TPSA) is 72.5 Å². The van der Waals surface area contributed by atoms with E-state index in [0.717, 1.165) is 18.6 Å². The van der Waals surface area contributed by atoms with Crippen molar-refractivity contribution >= 4 is 15.7 Å². The summed E-state index contributed by atoms with van der Waals surface area (Å²) in [6, 6.07) is 14.2. The first-order valence-corrected chi connectivity index (χ1v) is 10.4. The van der Waals surface area contributed by atoms with Crippen molar-refractivity contribution in [2.24, 2.45) is 0 Å². The summed E-state index contributed by atoms with van der Waals surface area (Å²) in [7, 11) is -3.43. The number of benzene rings is 2. The van der Waals surface area contributed by atoms with Crippen molar-refractivity contribution in [3.63, 3.8) is 0 Å². The molecule has 2 aromatic carbocycles. The molecule has 0 aliphatic rings. The second kappa shape index (κ2) is 9.38. The summed E-state index contributed by atoms with van der Waals surface area (Å²) in [5.74, 6) is 0.434. The first-order valence-electron chi connectivity index (χ1n) is 8.73. The van der Waals surface area contributed by atoms with Crippen LogP contribution >= 0.6 is 0 Å². The molecule has 0 atom stereocenters. The third-order valence-electron chi connectivity index (χ3n) is 3.99. The van der Waals surface area contributed by atoms with Crippen LogP contribution in [0.1, 0.15) is 35.7 Å². The molecular weight excluding hydrogens is 350 g/mol. The van der Waals surface area contributed by atoms with E-state index in [1.54, 1.807) is 25.1 Å². The number of hydrogen-bond donors (Lipinski definition) is 1. The first kappa shape index (κ1) is 20.0. The zero-order valence-electron chi connectivity index (χ0n) is 15.2. The van der Waals surface area contributed by atoms with Crippen LogP contribution in [0, 0.1) is 6.92 Å². The Labute approximate surface area is 155 Å². The smallest absolute Gasteiger partial charge is 0.252 e. The average Bonchev–Trinajstić information content (AvgIpc) is 2.65. The van der Waals surface area contributed by atoms with Crippen molar-refractivity contribution in [1.29, 1.82) is 0 Å². The monoisotopic (exact) mass is 375 g/mol. The molecule has 0 aromatic heterocycles. The molecular formula is C20H25NO4S. The fourth-order valence-corrected chi connectivity index (χ4v) is 3.52. The molecule has 0 aliphatic carbocycles. The number of hydrogen-bond acceptors (Lipinski definition) is 4. The summed E-state index contributed by atoms with van der Waals surface area (Å²) in [6.45, 7) is 4.63. The van der Waals surface area contributed by atoms with Gasteiger partial charge >= 0.3 is 0 Å². The van der Waals surface area contributed by atoms with Gasteiger partial charge in [0.15, 0.2) is 9.84 Å². The maximum Gasteiger partial charge on any atom is 0.252 e. The third-order valence-corrected chi connectivity index (χ3v) is 5.78. The Morgan fingerprint density at radius 1 is 1.04 bits per heavy atom. The summed E-state index contributed by atoms with van der Waals surface area (Å²) < 4.78 is 29.8. The SMILES string of the molecule is CCS(=O)(=O)c1ccccc1C(=O)NCCCCOc1ccc(C)cc1. The Morgan fingerprint density at radius 3 is 2.42 bits per heavy atom. The second-order valence-electron chi connectivity index (χ2n) is 6.02. The zero-order valence-corrected chi connectivity index (χ0v) is 16.0. The Bertz CT molecular complexity index is 829. The van der Waals surface area contributed by atoms with Crippen LogP contribution in [-0.2, 0) is 9.84 Å². The van der Waals surface area contributed by atoms with Crippen LogP contribution in [0.2, 0.25) is 0 Å². The molecule has 0 radical (unpaired) electrons. The van der Waals surface area contributed by atoms with E-state index in [1.165, 1.54) is 11.6 Å². The molecule has 0 saturated carbocycles. The number of ether oxygens (including phenoxy) is 1. The van der Waals surface area contributed by atoms with E-state index >= 15 is 0 Å². The van der Waals surface area contributed by atoms with Crippen molar-refractivity contribution in [3.05, 3.63) is 59.7 Å². The molecule has 2 aromatic rings. The molecule has 0 fully saturated rings. The average molecular weight is 375 g/mol. The zero-order chi connectivity index (χ0) is 19.0. The molecule has 0 aliphatic heterocycles. The number of sulfone groups is 1. The number of unbranched alkanes of at least 4 members (excludes halogenated alkanes) is 1. The molecule has 2 rings (SSSR count). The maximum absolute atomic E-state index is 12.3. The van der Waals surface area contributed by atoms with Crippen LogP contribution in [0.3, 0.4) is 0 Å². The lowest BCUT2D eigenvalue weighted by Gasteiger charge is -2.10. The highest BCUT2D eigenvalue weighted by molar-refractivity contribution is 7.91. The van der Waals surface area contributed by atoms with Crippen LogP contribution < -0.4 is 10.1 Å². The van der Waals surface area contributed by atoms with E-state index in [-0.39, 0.29) is 22.1 Å². The largest absolute Gasteiger partial charge is 0.494 e. The van der Waals surface area contributed by atoms with E-state index in [9.17, 15) is 13.2 Å². The molecule has 0 unspecified atom stereocenters. The van der Waals surface area contributed by atoms with Crippen molar-refractivity contribution in [3.8, 4) is 5.75 Å². The Morgan fingerprint density at radius 2 is 1.73 bits per heavy atom. The fourth-order valence-electron chi connectivity index (χ4n) is 2.43. The Kier molecular flexibility index (Phi) is 7.21. The highest BCUT2D eigenvalue weighted by Gasteiger charge is 2.20. The lowest BCUT2D eigenvalue weighted by atomic mass is 10.2. The van der Waals surface area contributed by atoms with Gasteiger partial charge in [-0.05, 0) is 44.0 Å². The van der Waals surface area contributed by atoms with Crippen molar-refractivity contribution in [2.75, 3.05) is 18.9 Å². The molecule has 26 heavy (non-hydrogen) atoms. The van der Waals surface area contributed by atoms with Gasteiger partial charge in [-0.15, -0.1) is 0 Å². The van der Waals surface area contributed by atoms with Crippen molar-refractivity contribution in [2.45, 2.75) is 31.6 Å². The highest BCUT2D eigenvalue weighted by Crippen LogP contribution is 2.17. The summed E-state index contributed by atoms with van der Waals surface area (Å²) in [5, 5.41) is 2.78. The predicted molar refractivity (Wildman–Crippen MR) is 102 cm³/mol. The summed E-state index contributed by atoms with van der Waals surface area (Å²) >= 11 is 0. The number of nitrogens with one attached hydrogen (secondary N) is 1. The molecule has 5 nitrogen and oxygen atoms in total. The molecule has 0 heterocycles. The summed E-state index contributed by atoms with van der Waals surface area (Å²) in [4.78, 5) is 12.4. The minimum Gasteiger partial charge on any atom is -0.494 e. The molecule has 140 valence electrons. The van der Waals surface area contributed by atoms with Crippen LogP contribution in [0.5, 0.6) is 5.75 Å². The van der Waals surface area contributed by atoms with Crippen LogP contribution in [0.4, 0.5) is 0 Å². The number of amides is 1. The Balaban J connectivity index is 1.78. The summed E-state index contributed by atoms with van der Waals surface area (Å²) in [5.41, 5.74) is 1.38. The van der Waals surface area contributed by atoms with E-state index in [2.05, 4.69) is 5.32 Å². The van der Waals surface area contributed by atoms with Gasteiger partial charge in [0.25, 0.3) is 5.91 Å². The van der Waals surface area contributed by atoms with Gasteiger partial charge < -0.3 is 10.1 Å². The van der Waals surface area contributed by atoms with Crippen LogP contribution in [-0.4, -0.2) is 33.2 Å². The molecule has 0 saturated heterocycles. The molecule has 0 bridgehead atoms. The molecule has 6 heteroatoms. The van der Waals surface area contributed by atoms with Crippen molar-refractivity contribution in [1.82, 2.24) is 5.32 Å². The molecule has 1 N–H and O–H groups in total. The number of rotatable bonds is 9. The lowest BCUT2D eigenvalue weighted by molar-refractivity contribution is 0.0949. The fraction of sp³-hybridized carbons (Fsp3) is 0.350. The second-order valence-corrected chi connectivity index (χ2v) is 8.27. The van der Waals surface area contributed by atoms with Gasteiger partial charge in [0.2, 0.25) is 0 Å². The van der Waals surface area contributed by atoms with Gasteiger partial charge in [0, 0.05) is 6.54 Å². The van der Waals surface area contributed by atoms with Gasteiger partial charge in [-0.25, -0.2) is 8.42 Å². The van der Waals surface area contributed by atoms with E-state index in [4.69, 9.17) is 4.74 Å². The van der Waals surface area contributed by atoms with E-state index in [0.29, 0.717) is 13.2 Å². The standard InChI is InChI=1S/C20H25NO4S/c1-3-26(23,24)19-9-5-4-8-18(19)20(22)21-14-6-7-15-25-17-12-10-16(2)11-13-17/h4-5,8-13H,3,6-7,14-15H2,1-2H3,(H,21,22). The van der Waals surface area contributed by atoms with Crippen LogP contribution in [0.15, 0.2) is 53.4 Å². The van der Waals surface area contributed by atoms with E-state index < -0.39 is 9.84 Å². The summed E-state index contributed by atoms with van der Waals surface area (Å²) in [6.07, 6.45) is 1.54. The number of aryl methyl sites for hydroxylation is 1. The quantitative estimate of drug-likeness (QED) is 0.682. The predicted octanol–water partition coefficient (Wildman–Crippen LogP) is 3.38. The minimum absolute atomic E-state index is 0.0341. The third kappa shape index (κ3) is 5.59. The van der Waals surface area contributed by atoms with Gasteiger partial charge in [0.05, 0.1) is 22.8 Å². The van der Waals surface area contributed by atoms with E-state index in [1.807, 2.05) is 31.2 Å². The van der Waals surface area contributed by atoms with Crippen LogP contribution in [0.25, 0.3) is 0 Å². The lowest BCUT2D eigenvalue weighted by Crippen LogP contribution is -2.26. The first-order chi connectivity index (χ1) is 12.4. The maximum atomic E-state index is 12.3. The van der Waals surface area contributed by atoms with Crippen molar-refractivity contribution < 1.29 is 17.9 Å². The van der Waals surface area contributed by atoms with Gasteiger partial charge in [0.1, 0.15) is 5.75 Å². The number of carbonyl (C=O) groups is 1. The minimum atomic E-state index is -3.43. The number of carbonyl (C=O) groups excluding carboxylic acids is 1. The molecule has 0 spiro atoms.